The first-order valence-electron chi connectivity index (χ1n) is 5.91. The molecule has 6 nitrogen and oxygen atoms in total. The summed E-state index contributed by atoms with van der Waals surface area (Å²) in [6, 6.07) is 13.5. The van der Waals surface area contributed by atoms with Gasteiger partial charge in [0.15, 0.2) is 0 Å². The van der Waals surface area contributed by atoms with Crippen LogP contribution in [-0.2, 0) is 10.1 Å². The quantitative estimate of drug-likeness (QED) is 0.309. The zero-order valence-electron chi connectivity index (χ0n) is 11.1. The lowest BCUT2D eigenvalue weighted by molar-refractivity contribution is -0.0000511. The van der Waals surface area contributed by atoms with Crippen molar-refractivity contribution in [2.24, 2.45) is 0 Å². The molecular formula is C14H12N2O4S. The van der Waals surface area contributed by atoms with Gasteiger partial charge in [0.05, 0.1) is 12.7 Å². The fourth-order valence-electron chi connectivity index (χ4n) is 2.03. The SMILES string of the molecule is COc1cccc(C(=[N+]=[N-])S(=O)(=O)O)c1-c1ccccc1. The van der Waals surface area contributed by atoms with E-state index in [1.54, 1.807) is 30.3 Å². The van der Waals surface area contributed by atoms with E-state index >= 15 is 0 Å². The third-order valence-corrected chi connectivity index (χ3v) is 3.66. The van der Waals surface area contributed by atoms with Gasteiger partial charge in [0, 0.05) is 5.56 Å². The maximum absolute atomic E-state index is 11.4. The van der Waals surface area contributed by atoms with Crippen molar-refractivity contribution in [2.45, 2.75) is 0 Å². The maximum atomic E-state index is 11.4. The van der Waals surface area contributed by atoms with Gasteiger partial charge in [-0.1, -0.05) is 36.4 Å². The molecule has 7 heteroatoms. The molecule has 0 amide bonds. The van der Waals surface area contributed by atoms with Crippen molar-refractivity contribution in [1.29, 1.82) is 0 Å². The van der Waals surface area contributed by atoms with Gasteiger partial charge in [0.1, 0.15) is 5.75 Å². The molecule has 1 N–H and O–H groups in total. The number of nitrogens with zero attached hydrogens (tertiary/aromatic N) is 2. The zero-order valence-corrected chi connectivity index (χ0v) is 11.9. The van der Waals surface area contributed by atoms with Crippen molar-refractivity contribution >= 4 is 15.2 Å². The highest BCUT2D eigenvalue weighted by molar-refractivity contribution is 8.01. The summed E-state index contributed by atoms with van der Waals surface area (Å²) in [5.41, 5.74) is 10.1. The van der Waals surface area contributed by atoms with Crippen molar-refractivity contribution < 1.29 is 22.5 Å². The Morgan fingerprint density at radius 1 is 1.14 bits per heavy atom. The van der Waals surface area contributed by atoms with E-state index in [0.29, 0.717) is 16.9 Å². The van der Waals surface area contributed by atoms with Crippen LogP contribution in [0, 0.1) is 0 Å². The number of ether oxygens (including phenoxy) is 1. The maximum Gasteiger partial charge on any atom is 0.438 e. The van der Waals surface area contributed by atoms with Gasteiger partial charge in [-0.3, -0.25) is 4.55 Å². The van der Waals surface area contributed by atoms with Crippen LogP contribution in [0.15, 0.2) is 48.5 Å². The molecule has 108 valence electrons. The lowest BCUT2D eigenvalue weighted by atomic mass is 9.99. The molecule has 21 heavy (non-hydrogen) atoms. The van der Waals surface area contributed by atoms with Gasteiger partial charge in [-0.2, -0.15) is 13.2 Å². The van der Waals surface area contributed by atoms with Crippen molar-refractivity contribution in [2.75, 3.05) is 7.11 Å². The summed E-state index contributed by atoms with van der Waals surface area (Å²) in [6.45, 7) is 0. The van der Waals surface area contributed by atoms with Gasteiger partial charge in [-0.15, -0.1) is 0 Å². The molecule has 0 saturated carbocycles. The molecule has 0 unspecified atom stereocenters. The van der Waals surface area contributed by atoms with E-state index in [4.69, 9.17) is 10.3 Å². The largest absolute Gasteiger partial charge is 0.496 e. The Morgan fingerprint density at radius 3 is 2.33 bits per heavy atom. The number of hydrogen-bond acceptors (Lipinski definition) is 3. The predicted molar refractivity (Wildman–Crippen MR) is 77.7 cm³/mol. The molecule has 0 aliphatic heterocycles. The average Bonchev–Trinajstić information content (AvgIpc) is 2.47. The number of rotatable bonds is 3. The molecule has 0 bridgehead atoms. The summed E-state index contributed by atoms with van der Waals surface area (Å²) in [7, 11) is -3.24. The molecule has 0 fully saturated rings. The fraction of sp³-hybridized carbons (Fsp3) is 0.0714. The standard InChI is InChI=1S/C14H12N2O4S/c1-20-12-9-5-8-11(14(16-15)21(17,18)19)13(12)10-6-3-2-4-7-10/h2-9H,1H3,(H,17,18,19). The van der Waals surface area contributed by atoms with Gasteiger partial charge in [0.25, 0.3) is 0 Å². The van der Waals surface area contributed by atoms with E-state index in [-0.39, 0.29) is 5.56 Å². The van der Waals surface area contributed by atoms with Crippen molar-refractivity contribution in [3.8, 4) is 16.9 Å². The first-order valence-corrected chi connectivity index (χ1v) is 7.35. The smallest absolute Gasteiger partial charge is 0.438 e. The number of hydrogen-bond donors (Lipinski definition) is 1. The second kappa shape index (κ2) is 5.88. The Hall–Kier alpha value is -2.47. The Balaban J connectivity index is 2.83. The highest BCUT2D eigenvalue weighted by atomic mass is 32.2. The summed E-state index contributed by atoms with van der Waals surface area (Å²) < 4.78 is 37.2. The normalized spacial score (nSPS) is 10.8. The van der Waals surface area contributed by atoms with E-state index < -0.39 is 15.2 Å². The van der Waals surface area contributed by atoms with E-state index in [1.807, 2.05) is 6.07 Å². The van der Waals surface area contributed by atoms with E-state index in [0.717, 1.165) is 0 Å². The Labute approximate surface area is 122 Å². The van der Waals surface area contributed by atoms with Gasteiger partial charge in [-0.25, -0.2) is 0 Å². The van der Waals surface area contributed by atoms with E-state index in [9.17, 15) is 13.0 Å². The molecule has 0 saturated heterocycles. The van der Waals surface area contributed by atoms with Crippen LogP contribution in [0.1, 0.15) is 5.56 Å². The molecule has 0 radical (unpaired) electrons. The fourth-order valence-corrected chi connectivity index (χ4v) is 2.58. The molecular weight excluding hydrogens is 292 g/mol. The van der Waals surface area contributed by atoms with Crippen LogP contribution >= 0.6 is 0 Å². The second-order valence-corrected chi connectivity index (χ2v) is 5.47. The van der Waals surface area contributed by atoms with Crippen LogP contribution in [0.25, 0.3) is 16.7 Å². The molecule has 0 aliphatic rings. The predicted octanol–water partition coefficient (Wildman–Crippen LogP) is 2.23. The molecule has 0 atom stereocenters. The monoisotopic (exact) mass is 304 g/mol. The third kappa shape index (κ3) is 3.00. The summed E-state index contributed by atoms with van der Waals surface area (Å²) >= 11 is 0. The van der Waals surface area contributed by atoms with Crippen LogP contribution in [0.2, 0.25) is 0 Å². The minimum Gasteiger partial charge on any atom is -0.496 e. The number of methoxy groups -OCH3 is 1. The second-order valence-electron chi connectivity index (χ2n) is 4.13. The van der Waals surface area contributed by atoms with Crippen LogP contribution in [0.4, 0.5) is 0 Å². The molecule has 0 spiro atoms. The molecule has 0 aromatic heterocycles. The van der Waals surface area contributed by atoms with Crippen molar-refractivity contribution in [1.82, 2.24) is 0 Å². The highest BCUT2D eigenvalue weighted by Gasteiger charge is 2.32. The molecule has 2 aromatic rings. The topological polar surface area (TPSA) is 100 Å². The lowest BCUT2D eigenvalue weighted by Gasteiger charge is -2.11. The van der Waals surface area contributed by atoms with Gasteiger partial charge < -0.3 is 10.3 Å². The van der Waals surface area contributed by atoms with Crippen LogP contribution in [0.3, 0.4) is 0 Å². The molecule has 2 aromatic carbocycles. The summed E-state index contributed by atoms with van der Waals surface area (Å²) in [6.07, 6.45) is 0. The minimum absolute atomic E-state index is 0.0468. The first kappa shape index (κ1) is 14.9. The van der Waals surface area contributed by atoms with Gasteiger partial charge in [0.2, 0.25) is 0 Å². The van der Waals surface area contributed by atoms with Gasteiger partial charge >= 0.3 is 15.2 Å². The Kier molecular flexibility index (Phi) is 4.18. The minimum atomic E-state index is -4.68. The molecule has 0 aliphatic carbocycles. The highest BCUT2D eigenvalue weighted by Crippen LogP contribution is 2.34. The first-order chi connectivity index (χ1) is 9.99. The number of benzene rings is 2. The van der Waals surface area contributed by atoms with Gasteiger partial charge in [-0.05, 0) is 17.7 Å². The molecule has 0 heterocycles. The van der Waals surface area contributed by atoms with Crippen molar-refractivity contribution in [3.63, 3.8) is 0 Å². The average molecular weight is 304 g/mol. The van der Waals surface area contributed by atoms with Crippen LogP contribution in [0.5, 0.6) is 5.75 Å². The van der Waals surface area contributed by atoms with E-state index in [2.05, 4.69) is 4.79 Å². The van der Waals surface area contributed by atoms with Crippen LogP contribution < -0.4 is 4.74 Å². The van der Waals surface area contributed by atoms with E-state index in [1.165, 1.54) is 19.2 Å². The summed E-state index contributed by atoms with van der Waals surface area (Å²) in [5.74, 6) is 0.392. The lowest BCUT2D eigenvalue weighted by Crippen LogP contribution is -2.17. The third-order valence-electron chi connectivity index (χ3n) is 2.87. The molecule has 2 rings (SSSR count). The Morgan fingerprint density at radius 2 is 1.81 bits per heavy atom. The zero-order chi connectivity index (χ0) is 15.5. The van der Waals surface area contributed by atoms with Crippen molar-refractivity contribution in [3.05, 3.63) is 59.6 Å². The summed E-state index contributed by atoms with van der Waals surface area (Å²) in [4.78, 5) is 2.71. The Bertz CT molecular complexity index is 810. The van der Waals surface area contributed by atoms with Crippen LogP contribution in [-0.4, -0.2) is 29.9 Å². The summed E-state index contributed by atoms with van der Waals surface area (Å²) in [5, 5.41) is -0.833.